The first-order valence-corrected chi connectivity index (χ1v) is 10.5. The Bertz CT molecular complexity index is 1180. The van der Waals surface area contributed by atoms with Gasteiger partial charge < -0.3 is 4.57 Å². The van der Waals surface area contributed by atoms with E-state index in [1.807, 2.05) is 30.5 Å². The molecule has 0 spiro atoms. The van der Waals surface area contributed by atoms with Gasteiger partial charge in [0.1, 0.15) is 5.82 Å². The minimum atomic E-state index is -0.337. The van der Waals surface area contributed by atoms with Gasteiger partial charge in [-0.2, -0.15) is 0 Å². The van der Waals surface area contributed by atoms with Gasteiger partial charge in [0.15, 0.2) is 0 Å². The fourth-order valence-corrected chi connectivity index (χ4v) is 4.52. The molecule has 3 aromatic rings. The summed E-state index contributed by atoms with van der Waals surface area (Å²) in [7, 11) is 0. The lowest BCUT2D eigenvalue weighted by molar-refractivity contribution is -0.123. The molecule has 1 aliphatic rings. The Morgan fingerprint density at radius 3 is 2.47 bits per heavy atom. The van der Waals surface area contributed by atoms with Crippen molar-refractivity contribution < 1.29 is 14.0 Å². The first-order chi connectivity index (χ1) is 14.3. The van der Waals surface area contributed by atoms with Crippen molar-refractivity contribution in [2.75, 3.05) is 0 Å². The zero-order valence-electron chi connectivity index (χ0n) is 16.4. The molecule has 1 aromatic heterocycles. The van der Waals surface area contributed by atoms with Crippen molar-refractivity contribution in [1.29, 1.82) is 0 Å². The highest BCUT2D eigenvalue weighted by Crippen LogP contribution is 2.35. The fourth-order valence-electron chi connectivity index (χ4n) is 3.50. The molecule has 4 rings (SSSR count). The predicted molar refractivity (Wildman–Crippen MR) is 118 cm³/mol. The number of rotatable bonds is 4. The number of carbonyl (C=O) groups excluding carboxylic acids is 2. The molecule has 0 radical (unpaired) electrons. The first kappa shape index (κ1) is 20.4. The number of thioether (sulfide) groups is 1. The molecule has 0 saturated carbocycles. The van der Waals surface area contributed by atoms with Crippen LogP contribution in [0.2, 0.25) is 5.02 Å². The van der Waals surface area contributed by atoms with Crippen LogP contribution in [0.1, 0.15) is 22.5 Å². The summed E-state index contributed by atoms with van der Waals surface area (Å²) < 4.78 is 15.3. The monoisotopic (exact) mass is 440 g/mol. The van der Waals surface area contributed by atoms with Crippen molar-refractivity contribution in [2.24, 2.45) is 0 Å². The average molecular weight is 441 g/mol. The van der Waals surface area contributed by atoms with Gasteiger partial charge in [0.25, 0.3) is 11.1 Å². The molecule has 0 atom stereocenters. The third-order valence-electron chi connectivity index (χ3n) is 5.00. The van der Waals surface area contributed by atoms with Crippen molar-refractivity contribution in [1.82, 2.24) is 9.47 Å². The molecule has 0 N–H and O–H groups in total. The van der Waals surface area contributed by atoms with E-state index in [2.05, 4.69) is 0 Å². The van der Waals surface area contributed by atoms with Crippen molar-refractivity contribution in [3.63, 3.8) is 0 Å². The third kappa shape index (κ3) is 3.80. The molecule has 0 unspecified atom stereocenters. The predicted octanol–water partition coefficient (Wildman–Crippen LogP) is 6.12. The first-order valence-electron chi connectivity index (χ1n) is 9.29. The van der Waals surface area contributed by atoms with Gasteiger partial charge in [-0.1, -0.05) is 29.8 Å². The van der Waals surface area contributed by atoms with Crippen LogP contribution in [-0.2, 0) is 11.3 Å². The summed E-state index contributed by atoms with van der Waals surface area (Å²) in [4.78, 5) is 26.9. The minimum Gasteiger partial charge on any atom is -0.318 e. The maximum Gasteiger partial charge on any atom is 0.293 e. The van der Waals surface area contributed by atoms with Crippen molar-refractivity contribution >= 4 is 40.6 Å². The highest BCUT2D eigenvalue weighted by molar-refractivity contribution is 8.18. The molecule has 2 amide bonds. The van der Waals surface area contributed by atoms with Crippen LogP contribution in [0.5, 0.6) is 0 Å². The van der Waals surface area contributed by atoms with Crippen LogP contribution in [0, 0.1) is 19.7 Å². The molecule has 1 aliphatic heterocycles. The van der Waals surface area contributed by atoms with E-state index in [1.165, 1.54) is 17.0 Å². The van der Waals surface area contributed by atoms with Gasteiger partial charge in [0.05, 0.1) is 11.4 Å². The number of benzene rings is 2. The second kappa shape index (κ2) is 8.13. The van der Waals surface area contributed by atoms with Gasteiger partial charge >= 0.3 is 0 Å². The molecule has 30 heavy (non-hydrogen) atoms. The van der Waals surface area contributed by atoms with E-state index in [-0.39, 0.29) is 23.5 Å². The molecular weight excluding hydrogens is 423 g/mol. The zero-order valence-corrected chi connectivity index (χ0v) is 17.9. The standard InChI is InChI=1S/C23H18ClFN2O2S/c1-14-11-17(15(2)27(14)19-9-7-18(25)8-10-19)12-21-22(28)26(23(29)30-21)13-16-5-3-4-6-20(16)24/h3-12H,13H2,1-2H3/b21-12-. The van der Waals surface area contributed by atoms with E-state index >= 15 is 0 Å². The number of carbonyl (C=O) groups is 2. The molecule has 7 heteroatoms. The number of amides is 2. The third-order valence-corrected chi connectivity index (χ3v) is 6.28. The topological polar surface area (TPSA) is 42.3 Å². The van der Waals surface area contributed by atoms with Gasteiger partial charge in [0, 0.05) is 22.1 Å². The Balaban J connectivity index is 1.63. The number of hydrogen-bond acceptors (Lipinski definition) is 3. The molecule has 2 heterocycles. The summed E-state index contributed by atoms with van der Waals surface area (Å²) in [6, 6.07) is 15.3. The van der Waals surface area contributed by atoms with Crippen LogP contribution in [0.3, 0.4) is 0 Å². The van der Waals surface area contributed by atoms with Gasteiger partial charge in [0.2, 0.25) is 0 Å². The number of aromatic nitrogens is 1. The molecule has 152 valence electrons. The summed E-state index contributed by atoms with van der Waals surface area (Å²) in [5.41, 5.74) is 4.23. The van der Waals surface area contributed by atoms with Crippen LogP contribution in [-0.4, -0.2) is 20.6 Å². The molecule has 1 fully saturated rings. The smallest absolute Gasteiger partial charge is 0.293 e. The van der Waals surface area contributed by atoms with Gasteiger partial charge in [-0.15, -0.1) is 0 Å². The number of aryl methyl sites for hydroxylation is 1. The molecule has 2 aromatic carbocycles. The van der Waals surface area contributed by atoms with Gasteiger partial charge in [-0.25, -0.2) is 4.39 Å². The van der Waals surface area contributed by atoms with E-state index in [9.17, 15) is 14.0 Å². The van der Waals surface area contributed by atoms with Crippen LogP contribution in [0.25, 0.3) is 11.8 Å². The number of imide groups is 1. The Hall–Kier alpha value is -2.83. The Kier molecular flexibility index (Phi) is 5.54. The second-order valence-corrected chi connectivity index (χ2v) is 8.40. The summed E-state index contributed by atoms with van der Waals surface area (Å²) in [6.07, 6.45) is 1.74. The Labute approximate surface area is 182 Å². The van der Waals surface area contributed by atoms with E-state index in [0.29, 0.717) is 9.93 Å². The van der Waals surface area contributed by atoms with Crippen LogP contribution < -0.4 is 0 Å². The number of halogens is 2. The van der Waals surface area contributed by atoms with E-state index in [4.69, 9.17) is 11.6 Å². The summed E-state index contributed by atoms with van der Waals surface area (Å²) in [5, 5.41) is 0.196. The van der Waals surface area contributed by atoms with Crippen LogP contribution in [0.4, 0.5) is 9.18 Å². The molecular formula is C23H18ClFN2O2S. The molecule has 0 aliphatic carbocycles. The largest absolute Gasteiger partial charge is 0.318 e. The van der Waals surface area contributed by atoms with E-state index in [0.717, 1.165) is 40.0 Å². The second-order valence-electron chi connectivity index (χ2n) is 7.00. The van der Waals surface area contributed by atoms with Crippen molar-refractivity contribution in [2.45, 2.75) is 20.4 Å². The maximum atomic E-state index is 13.3. The molecule has 0 bridgehead atoms. The number of hydrogen-bond donors (Lipinski definition) is 0. The van der Waals surface area contributed by atoms with Crippen LogP contribution in [0.15, 0.2) is 59.5 Å². The summed E-state index contributed by atoms with van der Waals surface area (Å²) in [6.45, 7) is 4.00. The maximum absolute atomic E-state index is 13.3. The lowest BCUT2D eigenvalue weighted by atomic mass is 10.2. The summed E-state index contributed by atoms with van der Waals surface area (Å²) >= 11 is 7.10. The van der Waals surface area contributed by atoms with Crippen molar-refractivity contribution in [3.05, 3.63) is 92.9 Å². The van der Waals surface area contributed by atoms with Gasteiger partial charge in [-0.05, 0) is 79.2 Å². The molecule has 4 nitrogen and oxygen atoms in total. The Morgan fingerprint density at radius 1 is 1.07 bits per heavy atom. The highest BCUT2D eigenvalue weighted by atomic mass is 35.5. The lowest BCUT2D eigenvalue weighted by Gasteiger charge is -2.13. The fraction of sp³-hybridized carbons (Fsp3) is 0.130. The lowest BCUT2D eigenvalue weighted by Crippen LogP contribution is -2.27. The summed E-state index contributed by atoms with van der Waals surface area (Å²) in [5.74, 6) is -0.634. The quantitative estimate of drug-likeness (QED) is 0.459. The van der Waals surface area contributed by atoms with Crippen LogP contribution >= 0.6 is 23.4 Å². The zero-order chi connectivity index (χ0) is 21.4. The van der Waals surface area contributed by atoms with Crippen molar-refractivity contribution in [3.8, 4) is 5.69 Å². The van der Waals surface area contributed by atoms with Gasteiger partial charge in [-0.3, -0.25) is 14.5 Å². The molecule has 1 saturated heterocycles. The van der Waals surface area contributed by atoms with E-state index < -0.39 is 0 Å². The SMILES string of the molecule is Cc1cc(/C=C2\SC(=O)N(Cc3ccccc3Cl)C2=O)c(C)n1-c1ccc(F)cc1. The normalized spacial score (nSPS) is 15.5. The highest BCUT2D eigenvalue weighted by Gasteiger charge is 2.35. The average Bonchev–Trinajstić information content (AvgIpc) is 3.14. The van der Waals surface area contributed by atoms with E-state index in [1.54, 1.807) is 36.4 Å². The Morgan fingerprint density at radius 2 is 1.77 bits per heavy atom. The number of nitrogens with zero attached hydrogens (tertiary/aromatic N) is 2. The minimum absolute atomic E-state index is 0.135.